The van der Waals surface area contributed by atoms with Crippen molar-refractivity contribution in [2.45, 2.75) is 63.2 Å². The molecular weight excluding hydrogens is 206 g/mol. The lowest BCUT2D eigenvalue weighted by Gasteiger charge is -2.29. The molecule has 2 rings (SSSR count). The predicted octanol–water partition coefficient (Wildman–Crippen LogP) is 0.567. The van der Waals surface area contributed by atoms with Crippen LogP contribution in [0.25, 0.3) is 0 Å². The lowest BCUT2D eigenvalue weighted by atomic mass is 9.92. The molecule has 92 valence electrons. The van der Waals surface area contributed by atoms with Gasteiger partial charge >= 0.3 is 0 Å². The fourth-order valence-corrected chi connectivity index (χ4v) is 2.82. The van der Waals surface area contributed by atoms with E-state index in [9.17, 15) is 15.0 Å². The van der Waals surface area contributed by atoms with Gasteiger partial charge in [0.25, 0.3) is 0 Å². The van der Waals surface area contributed by atoms with E-state index in [1.165, 1.54) is 0 Å². The first-order valence-electron chi connectivity index (χ1n) is 6.35. The van der Waals surface area contributed by atoms with Crippen molar-refractivity contribution in [3.63, 3.8) is 0 Å². The Morgan fingerprint density at radius 3 is 2.25 bits per heavy atom. The minimum Gasteiger partial charge on any atom is -0.392 e. The van der Waals surface area contributed by atoms with Gasteiger partial charge in [-0.2, -0.15) is 0 Å². The third kappa shape index (κ3) is 2.55. The van der Waals surface area contributed by atoms with Crippen LogP contribution in [-0.2, 0) is 4.79 Å². The highest BCUT2D eigenvalue weighted by Gasteiger charge is 2.34. The maximum Gasteiger partial charge on any atom is 0.226 e. The molecule has 4 nitrogen and oxygen atoms in total. The molecule has 16 heavy (non-hydrogen) atoms. The van der Waals surface area contributed by atoms with Crippen molar-refractivity contribution in [1.82, 2.24) is 5.32 Å². The summed E-state index contributed by atoms with van der Waals surface area (Å²) in [5, 5.41) is 22.3. The largest absolute Gasteiger partial charge is 0.392 e. The van der Waals surface area contributed by atoms with Crippen LogP contribution in [0.15, 0.2) is 0 Å². The Bertz CT molecular complexity index is 257. The Morgan fingerprint density at radius 2 is 1.62 bits per heavy atom. The average Bonchev–Trinajstić information content (AvgIpc) is 2.68. The van der Waals surface area contributed by atoms with Crippen LogP contribution >= 0.6 is 0 Å². The fourth-order valence-electron chi connectivity index (χ4n) is 2.82. The lowest BCUT2D eigenvalue weighted by Crippen LogP contribution is -2.48. The van der Waals surface area contributed by atoms with E-state index in [1.54, 1.807) is 0 Å². The van der Waals surface area contributed by atoms with Crippen molar-refractivity contribution in [2.24, 2.45) is 5.92 Å². The van der Waals surface area contributed by atoms with Crippen LogP contribution in [0.4, 0.5) is 0 Å². The zero-order valence-electron chi connectivity index (χ0n) is 9.56. The standard InChI is InChI=1S/C12H21NO3/c14-10-7-3-4-8(10)12(16)13-9-5-1-2-6-11(9)15/h8-11,14-15H,1-7H2,(H,13,16). The van der Waals surface area contributed by atoms with Crippen LogP contribution in [0.5, 0.6) is 0 Å². The molecule has 1 amide bonds. The Morgan fingerprint density at radius 1 is 0.938 bits per heavy atom. The molecule has 2 saturated carbocycles. The second kappa shape index (κ2) is 5.15. The normalized spacial score (nSPS) is 39.6. The van der Waals surface area contributed by atoms with Crippen molar-refractivity contribution >= 4 is 5.91 Å². The van der Waals surface area contributed by atoms with Crippen LogP contribution in [0.2, 0.25) is 0 Å². The van der Waals surface area contributed by atoms with E-state index >= 15 is 0 Å². The second-order valence-electron chi connectivity index (χ2n) is 5.07. The first-order valence-corrected chi connectivity index (χ1v) is 6.35. The second-order valence-corrected chi connectivity index (χ2v) is 5.07. The molecule has 4 atom stereocenters. The highest BCUT2D eigenvalue weighted by atomic mass is 16.3. The zero-order valence-corrected chi connectivity index (χ0v) is 9.56. The monoisotopic (exact) mass is 227 g/mol. The number of carbonyl (C=O) groups excluding carboxylic acids is 1. The van der Waals surface area contributed by atoms with Gasteiger partial charge in [0, 0.05) is 0 Å². The van der Waals surface area contributed by atoms with Crippen LogP contribution in [-0.4, -0.2) is 34.4 Å². The summed E-state index contributed by atoms with van der Waals surface area (Å²) < 4.78 is 0. The van der Waals surface area contributed by atoms with Gasteiger partial charge in [-0.15, -0.1) is 0 Å². The summed E-state index contributed by atoms with van der Waals surface area (Å²) in [4.78, 5) is 11.9. The Kier molecular flexibility index (Phi) is 3.82. The van der Waals surface area contributed by atoms with Gasteiger partial charge in [0.1, 0.15) is 0 Å². The number of carbonyl (C=O) groups is 1. The Labute approximate surface area is 96.0 Å². The zero-order chi connectivity index (χ0) is 11.5. The average molecular weight is 227 g/mol. The molecule has 3 N–H and O–H groups in total. The number of rotatable bonds is 2. The highest BCUT2D eigenvalue weighted by Crippen LogP contribution is 2.26. The van der Waals surface area contributed by atoms with Crippen molar-refractivity contribution in [3.05, 3.63) is 0 Å². The van der Waals surface area contributed by atoms with Gasteiger partial charge in [-0.05, 0) is 32.1 Å². The van der Waals surface area contributed by atoms with Crippen molar-refractivity contribution in [3.8, 4) is 0 Å². The summed E-state index contributed by atoms with van der Waals surface area (Å²) in [6.07, 6.45) is 5.27. The molecule has 0 aliphatic heterocycles. The number of aliphatic hydroxyl groups excluding tert-OH is 2. The van der Waals surface area contributed by atoms with Gasteiger partial charge in [0.15, 0.2) is 0 Å². The molecule has 0 bridgehead atoms. The van der Waals surface area contributed by atoms with Crippen molar-refractivity contribution in [2.75, 3.05) is 0 Å². The van der Waals surface area contributed by atoms with Gasteiger partial charge in [-0.1, -0.05) is 12.8 Å². The first-order chi connectivity index (χ1) is 7.68. The maximum atomic E-state index is 11.9. The first kappa shape index (κ1) is 11.9. The third-order valence-electron chi connectivity index (χ3n) is 3.87. The molecule has 0 aromatic heterocycles. The van der Waals surface area contributed by atoms with E-state index in [4.69, 9.17) is 0 Å². The lowest BCUT2D eigenvalue weighted by molar-refractivity contribution is -0.129. The van der Waals surface area contributed by atoms with Crippen LogP contribution in [0, 0.1) is 5.92 Å². The molecule has 0 heterocycles. The maximum absolute atomic E-state index is 11.9. The fraction of sp³-hybridized carbons (Fsp3) is 0.917. The molecule has 4 heteroatoms. The minimum absolute atomic E-state index is 0.0732. The molecular formula is C12H21NO3. The third-order valence-corrected chi connectivity index (χ3v) is 3.87. The number of nitrogens with one attached hydrogen (secondary N) is 1. The number of amides is 1. The smallest absolute Gasteiger partial charge is 0.226 e. The minimum atomic E-state index is -0.485. The van der Waals surface area contributed by atoms with Crippen molar-refractivity contribution < 1.29 is 15.0 Å². The van der Waals surface area contributed by atoms with E-state index in [2.05, 4.69) is 5.32 Å². The van der Waals surface area contributed by atoms with Crippen molar-refractivity contribution in [1.29, 1.82) is 0 Å². The summed E-state index contributed by atoms with van der Waals surface area (Å²) in [5.74, 6) is -0.329. The predicted molar refractivity (Wildman–Crippen MR) is 59.8 cm³/mol. The van der Waals surface area contributed by atoms with Gasteiger partial charge in [-0.3, -0.25) is 4.79 Å². The van der Waals surface area contributed by atoms with Gasteiger partial charge in [0.2, 0.25) is 5.91 Å². The van der Waals surface area contributed by atoms with E-state index in [0.29, 0.717) is 0 Å². The Balaban J connectivity index is 1.86. The van der Waals surface area contributed by atoms with Gasteiger partial charge < -0.3 is 15.5 Å². The van der Waals surface area contributed by atoms with E-state index < -0.39 is 12.2 Å². The highest BCUT2D eigenvalue weighted by molar-refractivity contribution is 5.79. The van der Waals surface area contributed by atoms with E-state index in [1.807, 2.05) is 0 Å². The molecule has 2 aliphatic rings. The molecule has 2 aliphatic carbocycles. The molecule has 0 spiro atoms. The molecule has 0 aromatic carbocycles. The Hall–Kier alpha value is -0.610. The van der Waals surface area contributed by atoms with E-state index in [-0.39, 0.29) is 17.9 Å². The SMILES string of the molecule is O=C(NC1CCCCC1O)C1CCCC1O. The summed E-state index contributed by atoms with van der Waals surface area (Å²) in [7, 11) is 0. The van der Waals surface area contributed by atoms with E-state index in [0.717, 1.165) is 44.9 Å². The quantitative estimate of drug-likeness (QED) is 0.646. The molecule has 0 saturated heterocycles. The van der Waals surface area contributed by atoms with Gasteiger partial charge in [-0.25, -0.2) is 0 Å². The summed E-state index contributed by atoms with van der Waals surface area (Å²) >= 11 is 0. The molecule has 0 radical (unpaired) electrons. The van der Waals surface area contributed by atoms with Crippen LogP contribution in [0.1, 0.15) is 44.9 Å². The summed E-state index contributed by atoms with van der Waals surface area (Å²) in [6, 6.07) is -0.103. The topological polar surface area (TPSA) is 69.6 Å². The summed E-state index contributed by atoms with van der Waals surface area (Å²) in [5.41, 5.74) is 0. The molecule has 0 aromatic rings. The van der Waals surface area contributed by atoms with Crippen LogP contribution in [0.3, 0.4) is 0 Å². The summed E-state index contributed by atoms with van der Waals surface area (Å²) in [6.45, 7) is 0. The molecule has 2 fully saturated rings. The number of aliphatic hydroxyl groups is 2. The van der Waals surface area contributed by atoms with Crippen LogP contribution < -0.4 is 5.32 Å². The number of hydrogen-bond donors (Lipinski definition) is 3. The molecule has 4 unspecified atom stereocenters. The van der Waals surface area contributed by atoms with Gasteiger partial charge in [0.05, 0.1) is 24.2 Å². The number of hydrogen-bond acceptors (Lipinski definition) is 3.